The summed E-state index contributed by atoms with van der Waals surface area (Å²) < 4.78 is 10.6. The molecule has 1 aromatic heterocycles. The van der Waals surface area contributed by atoms with E-state index in [2.05, 4.69) is 9.97 Å². The lowest BCUT2D eigenvalue weighted by Crippen LogP contribution is -2.15. The zero-order valence-electron chi connectivity index (χ0n) is 12.5. The first-order valence-corrected chi connectivity index (χ1v) is 6.33. The highest BCUT2D eigenvalue weighted by Crippen LogP contribution is 2.34. The van der Waals surface area contributed by atoms with Crippen LogP contribution in [0.3, 0.4) is 0 Å². The number of anilines is 2. The van der Waals surface area contributed by atoms with Gasteiger partial charge in [-0.25, -0.2) is 9.97 Å². The van der Waals surface area contributed by atoms with Crippen molar-refractivity contribution in [1.29, 1.82) is 0 Å². The summed E-state index contributed by atoms with van der Waals surface area (Å²) in [5.41, 5.74) is 2.76. The predicted molar refractivity (Wildman–Crippen MR) is 79.1 cm³/mol. The molecule has 0 bridgehead atoms. The van der Waals surface area contributed by atoms with E-state index >= 15 is 0 Å². The molecule has 2 aromatic rings. The second kappa shape index (κ2) is 5.77. The van der Waals surface area contributed by atoms with Gasteiger partial charge in [-0.2, -0.15) is 0 Å². The molecule has 0 aliphatic rings. The summed E-state index contributed by atoms with van der Waals surface area (Å²) in [4.78, 5) is 10.8. The van der Waals surface area contributed by atoms with Crippen LogP contribution in [0.4, 0.5) is 11.6 Å². The van der Waals surface area contributed by atoms with Crippen molar-refractivity contribution in [2.75, 3.05) is 26.2 Å². The first-order valence-electron chi connectivity index (χ1n) is 6.33. The van der Waals surface area contributed by atoms with Gasteiger partial charge in [-0.1, -0.05) is 0 Å². The number of aryl methyl sites for hydroxylation is 2. The normalized spacial score (nSPS) is 10.2. The Bertz CT molecular complexity index is 594. The van der Waals surface area contributed by atoms with Gasteiger partial charge in [0.05, 0.1) is 19.9 Å². The molecule has 1 aromatic carbocycles. The molecular weight excluding hydrogens is 254 g/mol. The fourth-order valence-electron chi connectivity index (χ4n) is 2.03. The average molecular weight is 273 g/mol. The molecule has 0 radical (unpaired) electrons. The Morgan fingerprint density at radius 3 is 2.15 bits per heavy atom. The highest BCUT2D eigenvalue weighted by atomic mass is 16.5. The van der Waals surface area contributed by atoms with Crippen molar-refractivity contribution in [2.24, 2.45) is 0 Å². The summed E-state index contributed by atoms with van der Waals surface area (Å²) in [6.45, 7) is 3.91. The van der Waals surface area contributed by atoms with E-state index in [1.807, 2.05) is 50.1 Å². The van der Waals surface area contributed by atoms with Crippen LogP contribution >= 0.6 is 0 Å². The number of hydrogen-bond acceptors (Lipinski definition) is 5. The lowest BCUT2D eigenvalue weighted by Gasteiger charge is -2.21. The number of aromatic nitrogens is 2. The Morgan fingerprint density at radius 1 is 0.950 bits per heavy atom. The zero-order valence-corrected chi connectivity index (χ0v) is 12.5. The van der Waals surface area contributed by atoms with Crippen LogP contribution in [0.5, 0.6) is 11.5 Å². The Hall–Kier alpha value is -2.30. The Morgan fingerprint density at radius 2 is 1.60 bits per heavy atom. The van der Waals surface area contributed by atoms with E-state index in [4.69, 9.17) is 9.47 Å². The molecule has 5 nitrogen and oxygen atoms in total. The van der Waals surface area contributed by atoms with Crippen LogP contribution in [0, 0.1) is 13.8 Å². The molecule has 0 saturated carbocycles. The molecular formula is C15H19N3O2. The van der Waals surface area contributed by atoms with Crippen LogP contribution in [-0.2, 0) is 0 Å². The van der Waals surface area contributed by atoms with Gasteiger partial charge in [-0.3, -0.25) is 0 Å². The van der Waals surface area contributed by atoms with E-state index < -0.39 is 0 Å². The quantitative estimate of drug-likeness (QED) is 0.857. The van der Waals surface area contributed by atoms with Crippen molar-refractivity contribution in [3.05, 3.63) is 35.7 Å². The number of methoxy groups -OCH3 is 2. The summed E-state index contributed by atoms with van der Waals surface area (Å²) in [6.07, 6.45) is 0. The first-order chi connectivity index (χ1) is 9.55. The molecule has 106 valence electrons. The molecule has 0 unspecified atom stereocenters. The second-order valence-corrected chi connectivity index (χ2v) is 4.55. The molecule has 1 heterocycles. The summed E-state index contributed by atoms with van der Waals surface area (Å²) in [5, 5.41) is 0. The zero-order chi connectivity index (χ0) is 14.7. The van der Waals surface area contributed by atoms with Crippen molar-refractivity contribution in [3.8, 4) is 11.5 Å². The van der Waals surface area contributed by atoms with E-state index in [9.17, 15) is 0 Å². The number of nitrogens with zero attached hydrogens (tertiary/aromatic N) is 3. The van der Waals surface area contributed by atoms with Crippen molar-refractivity contribution < 1.29 is 9.47 Å². The summed E-state index contributed by atoms with van der Waals surface area (Å²) in [7, 11) is 5.18. The van der Waals surface area contributed by atoms with Gasteiger partial charge in [0, 0.05) is 24.5 Å². The summed E-state index contributed by atoms with van der Waals surface area (Å²) >= 11 is 0. The molecule has 0 fully saturated rings. The van der Waals surface area contributed by atoms with E-state index in [0.29, 0.717) is 5.95 Å². The lowest BCUT2D eigenvalue weighted by molar-refractivity contribution is 0.395. The number of hydrogen-bond donors (Lipinski definition) is 0. The fourth-order valence-corrected chi connectivity index (χ4v) is 2.03. The van der Waals surface area contributed by atoms with Gasteiger partial charge < -0.3 is 14.4 Å². The molecule has 0 spiro atoms. The second-order valence-electron chi connectivity index (χ2n) is 4.55. The molecule has 5 heteroatoms. The maximum Gasteiger partial charge on any atom is 0.230 e. The molecule has 0 amide bonds. The molecule has 0 saturated heterocycles. The number of ether oxygens (including phenoxy) is 2. The van der Waals surface area contributed by atoms with E-state index in [0.717, 1.165) is 28.6 Å². The number of benzene rings is 1. The van der Waals surface area contributed by atoms with Gasteiger partial charge >= 0.3 is 0 Å². The number of rotatable bonds is 4. The smallest absolute Gasteiger partial charge is 0.230 e. The highest BCUT2D eigenvalue weighted by Gasteiger charge is 2.14. The van der Waals surface area contributed by atoms with E-state index in [-0.39, 0.29) is 0 Å². The first kappa shape index (κ1) is 14.1. The Kier molecular flexibility index (Phi) is 4.08. The standard InChI is InChI=1S/C15H19N3O2/c1-10-8-11(2)17-15(16-10)18(3)13-7-6-12(19-4)9-14(13)20-5/h6-9H,1-5H3. The minimum atomic E-state index is 0.644. The van der Waals surface area contributed by atoms with Gasteiger partial charge in [0.25, 0.3) is 0 Å². The maximum absolute atomic E-state index is 5.41. The van der Waals surface area contributed by atoms with Crippen molar-refractivity contribution in [2.45, 2.75) is 13.8 Å². The molecule has 20 heavy (non-hydrogen) atoms. The van der Waals surface area contributed by atoms with Crippen molar-refractivity contribution >= 4 is 11.6 Å². The third kappa shape index (κ3) is 2.82. The van der Waals surface area contributed by atoms with Crippen LogP contribution in [0.25, 0.3) is 0 Å². The van der Waals surface area contributed by atoms with Crippen LogP contribution < -0.4 is 14.4 Å². The predicted octanol–water partition coefficient (Wildman–Crippen LogP) is 2.88. The van der Waals surface area contributed by atoms with Crippen LogP contribution in [0.2, 0.25) is 0 Å². The third-order valence-corrected chi connectivity index (χ3v) is 3.02. The monoisotopic (exact) mass is 273 g/mol. The summed E-state index contributed by atoms with van der Waals surface area (Å²) in [5.74, 6) is 2.11. The van der Waals surface area contributed by atoms with Crippen LogP contribution in [-0.4, -0.2) is 31.2 Å². The van der Waals surface area contributed by atoms with Crippen molar-refractivity contribution in [3.63, 3.8) is 0 Å². The maximum atomic E-state index is 5.41. The SMILES string of the molecule is COc1ccc(N(C)c2nc(C)cc(C)n2)c(OC)c1. The fraction of sp³-hybridized carbons (Fsp3) is 0.333. The molecule has 0 N–H and O–H groups in total. The lowest BCUT2D eigenvalue weighted by atomic mass is 10.2. The Balaban J connectivity index is 2.44. The van der Waals surface area contributed by atoms with Gasteiger partial charge in [0.2, 0.25) is 5.95 Å². The Labute approximate surface area is 119 Å². The van der Waals surface area contributed by atoms with Gasteiger partial charge in [0.15, 0.2) is 0 Å². The largest absolute Gasteiger partial charge is 0.497 e. The van der Waals surface area contributed by atoms with Crippen molar-refractivity contribution in [1.82, 2.24) is 9.97 Å². The minimum Gasteiger partial charge on any atom is -0.497 e. The van der Waals surface area contributed by atoms with Gasteiger partial charge in [-0.15, -0.1) is 0 Å². The van der Waals surface area contributed by atoms with E-state index in [1.54, 1.807) is 14.2 Å². The summed E-state index contributed by atoms with van der Waals surface area (Å²) in [6, 6.07) is 7.60. The molecule has 0 aliphatic heterocycles. The van der Waals surface area contributed by atoms with Crippen LogP contribution in [0.15, 0.2) is 24.3 Å². The third-order valence-electron chi connectivity index (χ3n) is 3.02. The van der Waals surface area contributed by atoms with Crippen LogP contribution in [0.1, 0.15) is 11.4 Å². The molecule has 0 aliphatic carbocycles. The van der Waals surface area contributed by atoms with Gasteiger partial charge in [0.1, 0.15) is 11.5 Å². The molecule has 2 rings (SSSR count). The molecule has 0 atom stereocenters. The average Bonchev–Trinajstić information content (AvgIpc) is 2.44. The van der Waals surface area contributed by atoms with E-state index in [1.165, 1.54) is 0 Å². The highest BCUT2D eigenvalue weighted by molar-refractivity contribution is 5.66. The minimum absolute atomic E-state index is 0.644. The van der Waals surface area contributed by atoms with Gasteiger partial charge in [-0.05, 0) is 32.0 Å². The topological polar surface area (TPSA) is 47.5 Å².